The van der Waals surface area contributed by atoms with Crippen LogP contribution in [0.5, 0.6) is 0 Å². The van der Waals surface area contributed by atoms with Crippen molar-refractivity contribution in [2.24, 2.45) is 5.92 Å². The van der Waals surface area contributed by atoms with Crippen LogP contribution in [0.15, 0.2) is 18.2 Å². The number of carbonyl (C=O) groups is 4. The SMILES string of the molecule is CNC(=O)O[C@@H](CC(C)C)C(=O)N1C[C@]2(C[C@H]1C=O)C(=O)Nc1ccc(C)cc12. The van der Waals surface area contributed by atoms with E-state index < -0.39 is 29.6 Å². The molecule has 3 amide bonds. The summed E-state index contributed by atoms with van der Waals surface area (Å²) in [5.74, 6) is -0.573. The number of rotatable bonds is 5. The predicted molar refractivity (Wildman–Crippen MR) is 106 cm³/mol. The van der Waals surface area contributed by atoms with E-state index in [4.69, 9.17) is 4.74 Å². The second-order valence-corrected chi connectivity index (χ2v) is 8.23. The van der Waals surface area contributed by atoms with Crippen molar-refractivity contribution in [3.05, 3.63) is 29.3 Å². The summed E-state index contributed by atoms with van der Waals surface area (Å²) in [4.78, 5) is 51.1. The van der Waals surface area contributed by atoms with Crippen LogP contribution >= 0.6 is 0 Å². The zero-order valence-electron chi connectivity index (χ0n) is 17.2. The minimum Gasteiger partial charge on any atom is -0.436 e. The van der Waals surface area contributed by atoms with E-state index in [1.54, 1.807) is 0 Å². The molecule has 1 saturated heterocycles. The fourth-order valence-electron chi connectivity index (χ4n) is 4.19. The first kappa shape index (κ1) is 20.8. The number of ether oxygens (including phenoxy) is 1. The van der Waals surface area contributed by atoms with Gasteiger partial charge < -0.3 is 25.1 Å². The highest BCUT2D eigenvalue weighted by Gasteiger charge is 2.56. The number of aldehydes is 1. The molecular formula is C21H27N3O5. The molecule has 156 valence electrons. The summed E-state index contributed by atoms with van der Waals surface area (Å²) in [6.45, 7) is 5.84. The number of amides is 3. The molecule has 1 spiro atoms. The summed E-state index contributed by atoms with van der Waals surface area (Å²) in [5.41, 5.74) is 1.53. The second-order valence-electron chi connectivity index (χ2n) is 8.23. The van der Waals surface area contributed by atoms with Gasteiger partial charge >= 0.3 is 6.09 Å². The molecule has 1 fully saturated rings. The standard InChI is InChI=1S/C21H27N3O5/c1-12(2)7-17(29-20(28)22-4)18(26)24-11-21(9-14(24)10-25)15-8-13(3)5-6-16(15)23-19(21)27/h5-6,8,10,12,14,17H,7,9,11H2,1-4H3,(H,22,28)(H,23,27)/t14-,17-,21-/m0/s1. The van der Waals surface area contributed by atoms with Gasteiger partial charge in [0.05, 0.1) is 11.5 Å². The minimum atomic E-state index is -1.02. The van der Waals surface area contributed by atoms with Crippen LogP contribution in [0.4, 0.5) is 10.5 Å². The minimum absolute atomic E-state index is 0.0726. The van der Waals surface area contributed by atoms with E-state index in [2.05, 4.69) is 10.6 Å². The maximum Gasteiger partial charge on any atom is 0.407 e. The van der Waals surface area contributed by atoms with E-state index in [-0.39, 0.29) is 24.8 Å². The number of alkyl carbamates (subject to hydrolysis) is 1. The largest absolute Gasteiger partial charge is 0.436 e. The van der Waals surface area contributed by atoms with E-state index in [0.29, 0.717) is 18.4 Å². The molecule has 0 aromatic heterocycles. The van der Waals surface area contributed by atoms with E-state index in [1.165, 1.54) is 11.9 Å². The lowest BCUT2D eigenvalue weighted by Gasteiger charge is -2.28. The second kappa shape index (κ2) is 7.85. The number of nitrogens with one attached hydrogen (secondary N) is 2. The van der Waals surface area contributed by atoms with Crippen LogP contribution in [0.3, 0.4) is 0 Å². The number of anilines is 1. The van der Waals surface area contributed by atoms with Crippen molar-refractivity contribution in [3.63, 3.8) is 0 Å². The molecule has 8 heteroatoms. The Morgan fingerprint density at radius 3 is 2.76 bits per heavy atom. The predicted octanol–water partition coefficient (Wildman–Crippen LogP) is 1.76. The van der Waals surface area contributed by atoms with E-state index in [1.807, 2.05) is 39.0 Å². The average molecular weight is 401 g/mol. The number of carbonyl (C=O) groups excluding carboxylic acids is 4. The molecule has 1 aromatic rings. The molecule has 0 radical (unpaired) electrons. The smallest absolute Gasteiger partial charge is 0.407 e. The van der Waals surface area contributed by atoms with Gasteiger partial charge in [-0.3, -0.25) is 9.59 Å². The van der Waals surface area contributed by atoms with Crippen LogP contribution < -0.4 is 10.6 Å². The number of hydrogen-bond acceptors (Lipinski definition) is 5. The van der Waals surface area contributed by atoms with Gasteiger partial charge in [-0.15, -0.1) is 0 Å². The Kier molecular flexibility index (Phi) is 5.64. The Morgan fingerprint density at radius 2 is 2.14 bits per heavy atom. The summed E-state index contributed by atoms with van der Waals surface area (Å²) in [6.07, 6.45) is -0.503. The maximum atomic E-state index is 13.3. The van der Waals surface area contributed by atoms with Crippen LogP contribution in [-0.2, 0) is 24.5 Å². The Morgan fingerprint density at radius 1 is 1.41 bits per heavy atom. The number of benzene rings is 1. The fraction of sp³-hybridized carbons (Fsp3) is 0.524. The molecule has 0 saturated carbocycles. The molecule has 3 rings (SSSR count). The van der Waals surface area contributed by atoms with Gasteiger partial charge in [0.2, 0.25) is 5.91 Å². The van der Waals surface area contributed by atoms with Gasteiger partial charge in [0, 0.05) is 19.3 Å². The van der Waals surface area contributed by atoms with Crippen LogP contribution in [0, 0.1) is 12.8 Å². The van der Waals surface area contributed by atoms with E-state index >= 15 is 0 Å². The Bertz CT molecular complexity index is 853. The van der Waals surface area contributed by atoms with Crippen LogP contribution in [0.25, 0.3) is 0 Å². The maximum absolute atomic E-state index is 13.3. The van der Waals surface area contributed by atoms with Gasteiger partial charge in [-0.25, -0.2) is 4.79 Å². The van der Waals surface area contributed by atoms with Gasteiger partial charge in [0.1, 0.15) is 6.29 Å². The zero-order valence-corrected chi connectivity index (χ0v) is 17.2. The lowest BCUT2D eigenvalue weighted by Crippen LogP contribution is -2.47. The van der Waals surface area contributed by atoms with Crippen LogP contribution in [0.2, 0.25) is 0 Å². The Labute approximate surface area is 170 Å². The van der Waals surface area contributed by atoms with Gasteiger partial charge in [0.15, 0.2) is 6.10 Å². The molecule has 1 aromatic carbocycles. The van der Waals surface area contributed by atoms with Crippen molar-refractivity contribution in [3.8, 4) is 0 Å². The molecule has 0 unspecified atom stereocenters. The van der Waals surface area contributed by atoms with Crippen LogP contribution in [-0.4, -0.2) is 54.8 Å². The Balaban J connectivity index is 1.93. The summed E-state index contributed by atoms with van der Waals surface area (Å²) in [7, 11) is 1.42. The third-order valence-corrected chi connectivity index (χ3v) is 5.63. The van der Waals surface area contributed by atoms with Crippen molar-refractivity contribution in [2.45, 2.75) is 51.2 Å². The topological polar surface area (TPSA) is 105 Å². The first-order valence-electron chi connectivity index (χ1n) is 9.78. The lowest BCUT2D eigenvalue weighted by molar-refractivity contribution is -0.143. The number of fused-ring (bicyclic) bond motifs is 2. The van der Waals surface area contributed by atoms with Crippen molar-refractivity contribution in [1.29, 1.82) is 0 Å². The molecule has 2 N–H and O–H groups in total. The van der Waals surface area contributed by atoms with Gasteiger partial charge in [-0.05, 0) is 37.3 Å². The highest BCUT2D eigenvalue weighted by molar-refractivity contribution is 6.08. The monoisotopic (exact) mass is 401 g/mol. The normalized spacial score (nSPS) is 23.7. The number of nitrogens with zero attached hydrogens (tertiary/aromatic N) is 1. The van der Waals surface area contributed by atoms with Gasteiger partial charge in [0.25, 0.3) is 5.91 Å². The number of likely N-dealkylation sites (tertiary alicyclic amines) is 1. The highest BCUT2D eigenvalue weighted by atomic mass is 16.6. The lowest BCUT2D eigenvalue weighted by atomic mass is 9.79. The molecule has 2 aliphatic rings. The molecule has 2 aliphatic heterocycles. The summed E-state index contributed by atoms with van der Waals surface area (Å²) in [5, 5.41) is 5.22. The molecular weight excluding hydrogens is 374 g/mol. The molecule has 2 heterocycles. The van der Waals surface area contributed by atoms with Gasteiger partial charge in [-0.2, -0.15) is 0 Å². The molecule has 8 nitrogen and oxygen atoms in total. The quantitative estimate of drug-likeness (QED) is 0.732. The summed E-state index contributed by atoms with van der Waals surface area (Å²) < 4.78 is 5.29. The Hall–Kier alpha value is -2.90. The van der Waals surface area contributed by atoms with Crippen LogP contribution in [0.1, 0.15) is 37.8 Å². The fourth-order valence-corrected chi connectivity index (χ4v) is 4.19. The molecule has 0 aliphatic carbocycles. The molecule has 29 heavy (non-hydrogen) atoms. The zero-order chi connectivity index (χ0) is 21.3. The third kappa shape index (κ3) is 3.71. The van der Waals surface area contributed by atoms with E-state index in [0.717, 1.165) is 11.1 Å². The summed E-state index contributed by atoms with van der Waals surface area (Å²) in [6, 6.07) is 4.91. The molecule has 3 atom stereocenters. The van der Waals surface area contributed by atoms with Crippen molar-refractivity contribution in [2.75, 3.05) is 18.9 Å². The van der Waals surface area contributed by atoms with E-state index in [9.17, 15) is 19.2 Å². The van der Waals surface area contributed by atoms with Crippen molar-refractivity contribution >= 4 is 29.9 Å². The average Bonchev–Trinajstić information content (AvgIpc) is 3.19. The first-order chi connectivity index (χ1) is 13.7. The van der Waals surface area contributed by atoms with Crippen molar-refractivity contribution in [1.82, 2.24) is 10.2 Å². The summed E-state index contributed by atoms with van der Waals surface area (Å²) >= 11 is 0. The number of hydrogen-bond donors (Lipinski definition) is 2. The highest BCUT2D eigenvalue weighted by Crippen LogP contribution is 2.46. The number of aryl methyl sites for hydroxylation is 1. The van der Waals surface area contributed by atoms with Gasteiger partial charge in [-0.1, -0.05) is 31.5 Å². The third-order valence-electron chi connectivity index (χ3n) is 5.63. The molecule has 0 bridgehead atoms. The van der Waals surface area contributed by atoms with Crippen molar-refractivity contribution < 1.29 is 23.9 Å². The first-order valence-corrected chi connectivity index (χ1v) is 9.78.